The maximum atomic E-state index is 13.8. The summed E-state index contributed by atoms with van der Waals surface area (Å²) in [6, 6.07) is 3.39. The zero-order valence-electron chi connectivity index (χ0n) is 12.6. The minimum Gasteiger partial charge on any atom is -0.367 e. The zero-order chi connectivity index (χ0) is 16.4. The quantitative estimate of drug-likeness (QED) is 0.941. The Morgan fingerprint density at radius 2 is 2.13 bits per heavy atom. The Hall–Kier alpha value is -2.57. The Morgan fingerprint density at radius 1 is 1.30 bits per heavy atom. The van der Waals surface area contributed by atoms with Crippen molar-refractivity contribution in [2.75, 3.05) is 18.0 Å². The van der Waals surface area contributed by atoms with Gasteiger partial charge in [0.15, 0.2) is 0 Å². The first-order valence-electron chi connectivity index (χ1n) is 7.32. The molecular weight excluding hydrogens is 302 g/mol. The molecule has 0 radical (unpaired) electrons. The van der Waals surface area contributed by atoms with E-state index in [1.807, 2.05) is 0 Å². The fourth-order valence-electron chi connectivity index (χ4n) is 2.60. The van der Waals surface area contributed by atoms with E-state index in [-0.39, 0.29) is 17.6 Å². The van der Waals surface area contributed by atoms with Crippen molar-refractivity contribution in [3.63, 3.8) is 0 Å². The van der Waals surface area contributed by atoms with Crippen molar-refractivity contribution in [1.29, 1.82) is 0 Å². The van der Waals surface area contributed by atoms with Gasteiger partial charge < -0.3 is 10.2 Å². The third kappa shape index (κ3) is 3.44. The fourth-order valence-corrected chi connectivity index (χ4v) is 2.60. The van der Waals surface area contributed by atoms with Gasteiger partial charge in [0.25, 0.3) is 5.91 Å². The van der Waals surface area contributed by atoms with E-state index in [1.165, 1.54) is 24.5 Å². The lowest BCUT2D eigenvalue weighted by Crippen LogP contribution is -2.37. The van der Waals surface area contributed by atoms with Gasteiger partial charge in [0.2, 0.25) is 0 Å². The molecule has 0 unspecified atom stereocenters. The van der Waals surface area contributed by atoms with Crippen LogP contribution in [0.15, 0.2) is 30.6 Å². The molecule has 1 aliphatic heterocycles. The molecule has 3 rings (SSSR count). The van der Waals surface area contributed by atoms with Crippen LogP contribution in [0.4, 0.5) is 14.5 Å². The number of halogens is 2. The summed E-state index contributed by atoms with van der Waals surface area (Å²) in [6.07, 6.45) is 3.64. The van der Waals surface area contributed by atoms with Crippen LogP contribution in [0.25, 0.3) is 0 Å². The number of hydrogen-bond donors (Lipinski definition) is 1. The maximum Gasteiger partial charge on any atom is 0.271 e. The standard InChI is InChI=1S/C16H16F2N4O/c1-10-7-20-14(8-19-10)16(23)21-12-4-5-22(9-12)15-3-2-11(17)6-13(15)18/h2-3,6-8,12H,4-5,9H2,1H3,(H,21,23)/t12-/m1/s1. The third-order valence-corrected chi connectivity index (χ3v) is 3.79. The average molecular weight is 318 g/mol. The highest BCUT2D eigenvalue weighted by Crippen LogP contribution is 2.24. The molecule has 1 atom stereocenters. The topological polar surface area (TPSA) is 58.1 Å². The number of carbonyl (C=O) groups excluding carboxylic acids is 1. The number of amides is 1. The van der Waals surface area contributed by atoms with Gasteiger partial charge in [0, 0.05) is 31.4 Å². The summed E-state index contributed by atoms with van der Waals surface area (Å²) in [5, 5.41) is 2.87. The van der Waals surface area contributed by atoms with Crippen LogP contribution in [0.1, 0.15) is 22.6 Å². The molecule has 0 bridgehead atoms. The molecule has 1 saturated heterocycles. The van der Waals surface area contributed by atoms with Crippen molar-refractivity contribution < 1.29 is 13.6 Å². The first-order valence-corrected chi connectivity index (χ1v) is 7.32. The van der Waals surface area contributed by atoms with Gasteiger partial charge in [-0.1, -0.05) is 0 Å². The summed E-state index contributed by atoms with van der Waals surface area (Å²) in [7, 11) is 0. The lowest BCUT2D eigenvalue weighted by molar-refractivity contribution is 0.0935. The molecule has 5 nitrogen and oxygen atoms in total. The minimum atomic E-state index is -0.603. The van der Waals surface area contributed by atoms with Crippen LogP contribution in [0.2, 0.25) is 0 Å². The van der Waals surface area contributed by atoms with E-state index in [1.54, 1.807) is 11.8 Å². The van der Waals surface area contributed by atoms with Crippen molar-refractivity contribution >= 4 is 11.6 Å². The number of benzene rings is 1. The van der Waals surface area contributed by atoms with Gasteiger partial charge in [-0.15, -0.1) is 0 Å². The Morgan fingerprint density at radius 3 is 2.83 bits per heavy atom. The van der Waals surface area contributed by atoms with Crippen LogP contribution in [-0.4, -0.2) is 35.0 Å². The summed E-state index contributed by atoms with van der Waals surface area (Å²) < 4.78 is 26.8. The van der Waals surface area contributed by atoms with Crippen molar-refractivity contribution in [2.24, 2.45) is 0 Å². The molecule has 120 valence electrons. The molecule has 0 aliphatic carbocycles. The average Bonchev–Trinajstić information content (AvgIpc) is 2.96. The summed E-state index contributed by atoms with van der Waals surface area (Å²) in [5.41, 5.74) is 1.33. The summed E-state index contributed by atoms with van der Waals surface area (Å²) in [6.45, 7) is 2.85. The number of aromatic nitrogens is 2. The maximum absolute atomic E-state index is 13.8. The van der Waals surface area contributed by atoms with E-state index >= 15 is 0 Å². The molecule has 1 aromatic carbocycles. The van der Waals surface area contributed by atoms with E-state index in [4.69, 9.17) is 0 Å². The first kappa shape index (κ1) is 15.3. The van der Waals surface area contributed by atoms with Crippen molar-refractivity contribution in [1.82, 2.24) is 15.3 Å². The molecule has 2 heterocycles. The van der Waals surface area contributed by atoms with Crippen LogP contribution in [-0.2, 0) is 0 Å². The molecule has 2 aromatic rings. The number of nitrogens with zero attached hydrogens (tertiary/aromatic N) is 3. The Kier molecular flexibility index (Phi) is 4.18. The van der Waals surface area contributed by atoms with E-state index in [9.17, 15) is 13.6 Å². The van der Waals surface area contributed by atoms with Crippen LogP contribution in [0.5, 0.6) is 0 Å². The Balaban J connectivity index is 1.63. The molecule has 1 amide bonds. The monoisotopic (exact) mass is 318 g/mol. The van der Waals surface area contributed by atoms with Gasteiger partial charge >= 0.3 is 0 Å². The highest BCUT2D eigenvalue weighted by Gasteiger charge is 2.26. The number of aryl methyl sites for hydroxylation is 1. The lowest BCUT2D eigenvalue weighted by Gasteiger charge is -2.19. The second-order valence-corrected chi connectivity index (χ2v) is 5.54. The number of anilines is 1. The number of nitrogens with one attached hydrogen (secondary N) is 1. The highest BCUT2D eigenvalue weighted by atomic mass is 19.1. The molecular formula is C16H16F2N4O. The highest BCUT2D eigenvalue weighted by molar-refractivity contribution is 5.92. The molecule has 1 fully saturated rings. The van der Waals surface area contributed by atoms with Gasteiger partial charge in [0.1, 0.15) is 17.3 Å². The summed E-state index contributed by atoms with van der Waals surface area (Å²) >= 11 is 0. The molecule has 1 aliphatic rings. The number of carbonyl (C=O) groups is 1. The predicted octanol–water partition coefficient (Wildman–Crippen LogP) is 2.07. The zero-order valence-corrected chi connectivity index (χ0v) is 12.6. The van der Waals surface area contributed by atoms with E-state index in [0.717, 1.165) is 11.8 Å². The lowest BCUT2D eigenvalue weighted by atomic mass is 10.2. The van der Waals surface area contributed by atoms with Gasteiger partial charge in [-0.3, -0.25) is 9.78 Å². The Bertz CT molecular complexity index is 721. The van der Waals surface area contributed by atoms with Gasteiger partial charge in [0.05, 0.1) is 17.6 Å². The molecule has 1 aromatic heterocycles. The number of hydrogen-bond acceptors (Lipinski definition) is 4. The molecule has 0 spiro atoms. The molecule has 0 saturated carbocycles. The second kappa shape index (κ2) is 6.28. The van der Waals surface area contributed by atoms with Crippen LogP contribution in [0, 0.1) is 18.6 Å². The smallest absolute Gasteiger partial charge is 0.271 e. The minimum absolute atomic E-state index is 0.116. The van der Waals surface area contributed by atoms with Gasteiger partial charge in [-0.05, 0) is 25.5 Å². The normalized spacial score (nSPS) is 17.3. The summed E-state index contributed by atoms with van der Waals surface area (Å²) in [5.74, 6) is -1.50. The number of rotatable bonds is 3. The van der Waals surface area contributed by atoms with Crippen molar-refractivity contribution in [3.05, 3.63) is 53.6 Å². The van der Waals surface area contributed by atoms with E-state index < -0.39 is 11.6 Å². The van der Waals surface area contributed by atoms with Crippen LogP contribution in [0.3, 0.4) is 0 Å². The SMILES string of the molecule is Cc1cnc(C(=O)N[C@@H]2CCN(c3ccc(F)cc3F)C2)cn1. The third-order valence-electron chi connectivity index (χ3n) is 3.79. The largest absolute Gasteiger partial charge is 0.367 e. The predicted molar refractivity (Wildman–Crippen MR) is 81.2 cm³/mol. The molecule has 1 N–H and O–H groups in total. The van der Waals surface area contributed by atoms with E-state index in [0.29, 0.717) is 25.2 Å². The van der Waals surface area contributed by atoms with Crippen molar-refractivity contribution in [2.45, 2.75) is 19.4 Å². The second-order valence-electron chi connectivity index (χ2n) is 5.54. The van der Waals surface area contributed by atoms with Crippen molar-refractivity contribution in [3.8, 4) is 0 Å². The molecule has 23 heavy (non-hydrogen) atoms. The van der Waals surface area contributed by atoms with Gasteiger partial charge in [-0.25, -0.2) is 13.8 Å². The van der Waals surface area contributed by atoms with Crippen LogP contribution >= 0.6 is 0 Å². The first-order chi connectivity index (χ1) is 11.0. The molecule has 7 heteroatoms. The fraction of sp³-hybridized carbons (Fsp3) is 0.312. The summed E-state index contributed by atoms with van der Waals surface area (Å²) in [4.78, 5) is 22.0. The van der Waals surface area contributed by atoms with Gasteiger partial charge in [-0.2, -0.15) is 0 Å². The Labute approximate surface area is 132 Å². The van der Waals surface area contributed by atoms with E-state index in [2.05, 4.69) is 15.3 Å². The van der Waals surface area contributed by atoms with Crippen LogP contribution < -0.4 is 10.2 Å².